The number of aliphatic hydroxyl groups is 1. The first kappa shape index (κ1) is 21.2. The van der Waals surface area contributed by atoms with Crippen LogP contribution in [-0.4, -0.2) is 49.3 Å². The van der Waals surface area contributed by atoms with Gasteiger partial charge in [0.05, 0.1) is 6.61 Å². The van der Waals surface area contributed by atoms with Gasteiger partial charge in [-0.2, -0.15) is 0 Å². The molecule has 2 N–H and O–H groups in total. The zero-order valence-electron chi connectivity index (χ0n) is 16.6. The van der Waals surface area contributed by atoms with Crippen molar-refractivity contribution in [2.75, 3.05) is 26.9 Å². The van der Waals surface area contributed by atoms with Gasteiger partial charge in [0.15, 0.2) is 5.54 Å². The molecule has 0 aliphatic carbocycles. The fraction of sp³-hybridized carbons (Fsp3) is 0.333. The van der Waals surface area contributed by atoms with Gasteiger partial charge in [-0.3, -0.25) is 4.79 Å². The Morgan fingerprint density at radius 2 is 2.10 bits per heavy atom. The molecule has 0 saturated heterocycles. The normalized spacial score (nSPS) is 17.5. The fourth-order valence-electron chi connectivity index (χ4n) is 3.18. The SMILES string of the molecule is CNC(=O)[C@@]1(Cc2ccccc2N=[N+]=[N-])COC(c2ccc(OCCCO)cc2)=N1. The minimum absolute atomic E-state index is 0.0708. The van der Waals surface area contributed by atoms with Crippen LogP contribution in [0.25, 0.3) is 10.4 Å². The highest BCUT2D eigenvalue weighted by molar-refractivity contribution is 6.00. The molecule has 0 fully saturated rings. The molecule has 0 bridgehead atoms. The average Bonchev–Trinajstić information content (AvgIpc) is 3.20. The number of hydrogen-bond acceptors (Lipinski definition) is 6. The van der Waals surface area contributed by atoms with E-state index in [1.807, 2.05) is 6.07 Å². The van der Waals surface area contributed by atoms with Gasteiger partial charge in [-0.1, -0.05) is 29.4 Å². The molecule has 1 atom stereocenters. The van der Waals surface area contributed by atoms with Gasteiger partial charge in [0, 0.05) is 42.7 Å². The highest BCUT2D eigenvalue weighted by Crippen LogP contribution is 2.31. The van der Waals surface area contributed by atoms with Crippen molar-refractivity contribution in [3.05, 3.63) is 70.1 Å². The third-order valence-corrected chi connectivity index (χ3v) is 4.71. The lowest BCUT2D eigenvalue weighted by molar-refractivity contribution is -0.126. The molecule has 0 aromatic heterocycles. The summed E-state index contributed by atoms with van der Waals surface area (Å²) < 4.78 is 11.3. The van der Waals surface area contributed by atoms with E-state index in [-0.39, 0.29) is 25.5 Å². The summed E-state index contributed by atoms with van der Waals surface area (Å²) >= 11 is 0. The van der Waals surface area contributed by atoms with E-state index in [0.29, 0.717) is 35.9 Å². The summed E-state index contributed by atoms with van der Waals surface area (Å²) in [5.41, 5.74) is 9.53. The van der Waals surface area contributed by atoms with Crippen LogP contribution in [0.2, 0.25) is 0 Å². The molecule has 30 heavy (non-hydrogen) atoms. The Morgan fingerprint density at radius 1 is 1.33 bits per heavy atom. The number of azide groups is 1. The van der Waals surface area contributed by atoms with Crippen LogP contribution in [0.1, 0.15) is 17.5 Å². The van der Waals surface area contributed by atoms with Gasteiger partial charge < -0.3 is 19.9 Å². The van der Waals surface area contributed by atoms with Crippen molar-refractivity contribution in [1.82, 2.24) is 5.32 Å². The first-order chi connectivity index (χ1) is 14.6. The number of nitrogens with zero attached hydrogens (tertiary/aromatic N) is 4. The minimum atomic E-state index is -1.17. The Hall–Kier alpha value is -3.55. The number of hydrogen-bond donors (Lipinski definition) is 2. The molecule has 0 radical (unpaired) electrons. The first-order valence-electron chi connectivity index (χ1n) is 9.54. The average molecular weight is 409 g/mol. The molecule has 9 heteroatoms. The quantitative estimate of drug-likeness (QED) is 0.285. The van der Waals surface area contributed by atoms with Crippen LogP contribution in [0.5, 0.6) is 5.75 Å². The molecule has 156 valence electrons. The molecule has 2 aromatic carbocycles. The molecule has 1 aliphatic rings. The van der Waals surface area contributed by atoms with Crippen LogP contribution in [0.15, 0.2) is 58.6 Å². The predicted molar refractivity (Wildman–Crippen MR) is 112 cm³/mol. The lowest BCUT2D eigenvalue weighted by Crippen LogP contribution is -2.47. The zero-order chi connectivity index (χ0) is 21.4. The number of aliphatic hydroxyl groups excluding tert-OH is 1. The summed E-state index contributed by atoms with van der Waals surface area (Å²) in [6, 6.07) is 14.3. The smallest absolute Gasteiger partial charge is 0.251 e. The number of ether oxygens (including phenoxy) is 2. The predicted octanol–water partition coefficient (Wildman–Crippen LogP) is 2.89. The number of benzene rings is 2. The van der Waals surface area contributed by atoms with Crippen molar-refractivity contribution in [1.29, 1.82) is 0 Å². The Labute approximate surface area is 174 Å². The Bertz CT molecular complexity index is 970. The second-order valence-corrected chi connectivity index (χ2v) is 6.76. The maximum atomic E-state index is 12.7. The third-order valence-electron chi connectivity index (χ3n) is 4.71. The van der Waals surface area contributed by atoms with E-state index in [1.165, 1.54) is 0 Å². The van der Waals surface area contributed by atoms with E-state index in [1.54, 1.807) is 49.5 Å². The second-order valence-electron chi connectivity index (χ2n) is 6.76. The maximum absolute atomic E-state index is 12.7. The van der Waals surface area contributed by atoms with Gasteiger partial charge >= 0.3 is 0 Å². The maximum Gasteiger partial charge on any atom is 0.251 e. The summed E-state index contributed by atoms with van der Waals surface area (Å²) in [5, 5.41) is 15.2. The molecule has 1 aliphatic heterocycles. The minimum Gasteiger partial charge on any atom is -0.494 e. The lowest BCUT2D eigenvalue weighted by atomic mass is 9.90. The van der Waals surface area contributed by atoms with Gasteiger partial charge in [0.2, 0.25) is 5.90 Å². The number of amides is 1. The number of likely N-dealkylation sites (N-methyl/N-ethyl adjacent to an activating group) is 1. The standard InChI is InChI=1S/C21H23N5O4/c1-23-20(28)21(13-16-5-2-3-6-18(16)25-26-22)14-30-19(24-21)15-7-9-17(10-8-15)29-12-4-11-27/h2-3,5-10,27H,4,11-14H2,1H3,(H,23,28)/t21-/m1/s1. The molecule has 9 nitrogen and oxygen atoms in total. The molecule has 1 amide bonds. The Morgan fingerprint density at radius 3 is 2.80 bits per heavy atom. The zero-order valence-corrected chi connectivity index (χ0v) is 16.6. The molecule has 1 heterocycles. The van der Waals surface area contributed by atoms with Crippen LogP contribution in [-0.2, 0) is 16.0 Å². The van der Waals surface area contributed by atoms with Crippen LogP contribution >= 0.6 is 0 Å². The van der Waals surface area contributed by atoms with E-state index in [0.717, 1.165) is 5.56 Å². The van der Waals surface area contributed by atoms with E-state index in [4.69, 9.17) is 20.1 Å². The number of nitrogens with one attached hydrogen (secondary N) is 1. The summed E-state index contributed by atoms with van der Waals surface area (Å²) in [7, 11) is 1.55. The third kappa shape index (κ3) is 4.71. The van der Waals surface area contributed by atoms with E-state index in [2.05, 4.69) is 20.3 Å². The van der Waals surface area contributed by atoms with Crippen molar-refractivity contribution in [3.8, 4) is 5.75 Å². The summed E-state index contributed by atoms with van der Waals surface area (Å²) in [6.07, 6.45) is 0.789. The fourth-order valence-corrected chi connectivity index (χ4v) is 3.18. The largest absolute Gasteiger partial charge is 0.494 e. The lowest BCUT2D eigenvalue weighted by Gasteiger charge is -2.22. The first-order valence-corrected chi connectivity index (χ1v) is 9.54. The Kier molecular flexibility index (Phi) is 6.90. The molecule has 3 rings (SSSR count). The van der Waals surface area contributed by atoms with E-state index < -0.39 is 5.54 Å². The number of carbonyl (C=O) groups is 1. The van der Waals surface area contributed by atoms with Crippen LogP contribution in [0.3, 0.4) is 0 Å². The monoisotopic (exact) mass is 409 g/mol. The van der Waals surface area contributed by atoms with Crippen LogP contribution in [0.4, 0.5) is 5.69 Å². The van der Waals surface area contributed by atoms with Crippen LogP contribution in [0, 0.1) is 0 Å². The van der Waals surface area contributed by atoms with Crippen molar-refractivity contribution in [2.45, 2.75) is 18.4 Å². The second kappa shape index (κ2) is 9.78. The van der Waals surface area contributed by atoms with Gasteiger partial charge in [-0.25, -0.2) is 4.99 Å². The van der Waals surface area contributed by atoms with E-state index in [9.17, 15) is 4.79 Å². The Balaban J connectivity index is 1.86. The highest BCUT2D eigenvalue weighted by Gasteiger charge is 2.44. The van der Waals surface area contributed by atoms with Gasteiger partial charge in [0.25, 0.3) is 5.91 Å². The molecular weight excluding hydrogens is 386 g/mol. The molecule has 0 unspecified atom stereocenters. The van der Waals surface area contributed by atoms with Crippen LogP contribution < -0.4 is 10.1 Å². The molecule has 2 aromatic rings. The van der Waals surface area contributed by atoms with E-state index >= 15 is 0 Å². The summed E-state index contributed by atoms with van der Waals surface area (Å²) in [5.74, 6) is 0.755. The molecule has 0 spiro atoms. The highest BCUT2D eigenvalue weighted by atomic mass is 16.5. The summed E-state index contributed by atoms with van der Waals surface area (Å²) in [4.78, 5) is 20.2. The summed E-state index contributed by atoms with van der Waals surface area (Å²) in [6.45, 7) is 0.576. The van der Waals surface area contributed by atoms with Crippen molar-refractivity contribution >= 4 is 17.5 Å². The molecular formula is C21H23N5O4. The van der Waals surface area contributed by atoms with Gasteiger partial charge in [-0.15, -0.1) is 0 Å². The van der Waals surface area contributed by atoms with Crippen molar-refractivity contribution < 1.29 is 19.4 Å². The molecule has 0 saturated carbocycles. The van der Waals surface area contributed by atoms with Gasteiger partial charge in [-0.05, 0) is 35.4 Å². The van der Waals surface area contributed by atoms with Gasteiger partial charge in [0.1, 0.15) is 12.4 Å². The number of rotatable bonds is 9. The number of carbonyl (C=O) groups excluding carboxylic acids is 1. The van der Waals surface area contributed by atoms with Crippen molar-refractivity contribution in [2.24, 2.45) is 10.1 Å². The topological polar surface area (TPSA) is 129 Å². The number of aliphatic imine (C=N–C) groups is 1. The van der Waals surface area contributed by atoms with Crippen molar-refractivity contribution in [3.63, 3.8) is 0 Å².